The van der Waals surface area contributed by atoms with Crippen molar-refractivity contribution in [3.8, 4) is 0 Å². The zero-order chi connectivity index (χ0) is 14.7. The summed E-state index contributed by atoms with van der Waals surface area (Å²) in [5.41, 5.74) is 4.99. The number of ether oxygens (including phenoxy) is 1. The molecule has 0 saturated carbocycles. The predicted molar refractivity (Wildman–Crippen MR) is 84.6 cm³/mol. The standard InChI is InChI=1S/C15H20N4OS/c1-11-5-12(16-2)6-14(18-11)15-9-19(3-4-20-15)8-13-7-17-10-21-13/h5-7,10,15H,3-4,8-9H2,1-2H3,(H,16,18). The maximum Gasteiger partial charge on any atom is 0.112 e. The lowest BCUT2D eigenvalue weighted by Gasteiger charge is -2.32. The first-order valence-electron chi connectivity index (χ1n) is 7.12. The van der Waals surface area contributed by atoms with Gasteiger partial charge in [-0.2, -0.15) is 0 Å². The molecule has 1 aliphatic rings. The molecule has 3 heterocycles. The summed E-state index contributed by atoms with van der Waals surface area (Å²) in [4.78, 5) is 12.5. The van der Waals surface area contributed by atoms with E-state index < -0.39 is 0 Å². The molecule has 0 spiro atoms. The van der Waals surface area contributed by atoms with Gasteiger partial charge in [0.1, 0.15) is 6.10 Å². The number of nitrogens with one attached hydrogen (secondary N) is 1. The maximum atomic E-state index is 5.92. The number of pyridine rings is 1. The molecule has 0 bridgehead atoms. The fraction of sp³-hybridized carbons (Fsp3) is 0.467. The zero-order valence-corrected chi connectivity index (χ0v) is 13.2. The SMILES string of the molecule is CNc1cc(C)nc(C2CN(Cc3cncs3)CCO2)c1. The summed E-state index contributed by atoms with van der Waals surface area (Å²) in [6.07, 6.45) is 1.98. The lowest BCUT2D eigenvalue weighted by Crippen LogP contribution is -2.38. The largest absolute Gasteiger partial charge is 0.388 e. The van der Waals surface area contributed by atoms with Gasteiger partial charge in [0.15, 0.2) is 0 Å². The highest BCUT2D eigenvalue weighted by Gasteiger charge is 2.23. The van der Waals surface area contributed by atoms with Crippen LogP contribution in [0.2, 0.25) is 0 Å². The van der Waals surface area contributed by atoms with Gasteiger partial charge in [0.25, 0.3) is 0 Å². The Morgan fingerprint density at radius 3 is 3.14 bits per heavy atom. The number of rotatable bonds is 4. The van der Waals surface area contributed by atoms with E-state index in [1.807, 2.05) is 31.7 Å². The maximum absolute atomic E-state index is 5.92. The van der Waals surface area contributed by atoms with E-state index in [2.05, 4.69) is 26.3 Å². The molecular weight excluding hydrogens is 284 g/mol. The summed E-state index contributed by atoms with van der Waals surface area (Å²) in [5, 5.41) is 3.18. The molecule has 1 unspecified atom stereocenters. The monoisotopic (exact) mass is 304 g/mol. The lowest BCUT2D eigenvalue weighted by atomic mass is 10.1. The minimum absolute atomic E-state index is 0.0404. The average molecular weight is 304 g/mol. The van der Waals surface area contributed by atoms with Crippen molar-refractivity contribution in [2.75, 3.05) is 32.1 Å². The summed E-state index contributed by atoms with van der Waals surface area (Å²) in [7, 11) is 1.93. The van der Waals surface area contributed by atoms with E-state index in [0.717, 1.165) is 43.3 Å². The third-order valence-corrected chi connectivity index (χ3v) is 4.37. The Balaban J connectivity index is 1.72. The zero-order valence-electron chi connectivity index (χ0n) is 12.4. The first-order chi connectivity index (χ1) is 10.2. The second kappa shape index (κ2) is 6.51. The first kappa shape index (κ1) is 14.4. The molecule has 5 nitrogen and oxygen atoms in total. The molecule has 0 radical (unpaired) electrons. The molecule has 2 aromatic rings. The molecule has 1 atom stereocenters. The van der Waals surface area contributed by atoms with Gasteiger partial charge in [0.05, 0.1) is 17.8 Å². The van der Waals surface area contributed by atoms with Crippen molar-refractivity contribution in [3.05, 3.63) is 40.1 Å². The van der Waals surface area contributed by atoms with Gasteiger partial charge < -0.3 is 10.1 Å². The van der Waals surface area contributed by atoms with Crippen LogP contribution in [0.1, 0.15) is 22.4 Å². The van der Waals surface area contributed by atoms with E-state index in [4.69, 9.17) is 4.74 Å². The van der Waals surface area contributed by atoms with Crippen LogP contribution in [0.3, 0.4) is 0 Å². The fourth-order valence-electron chi connectivity index (χ4n) is 2.57. The fourth-order valence-corrected chi connectivity index (χ4v) is 3.21. The Kier molecular flexibility index (Phi) is 4.48. The van der Waals surface area contributed by atoms with Gasteiger partial charge in [-0.25, -0.2) is 0 Å². The molecule has 0 aromatic carbocycles. The summed E-state index contributed by atoms with van der Waals surface area (Å²) in [5.74, 6) is 0. The quantitative estimate of drug-likeness (QED) is 0.940. The van der Waals surface area contributed by atoms with Gasteiger partial charge in [-0.1, -0.05) is 0 Å². The predicted octanol–water partition coefficient (Wildman–Crippen LogP) is 2.46. The smallest absolute Gasteiger partial charge is 0.112 e. The molecule has 112 valence electrons. The highest BCUT2D eigenvalue weighted by atomic mass is 32.1. The van der Waals surface area contributed by atoms with E-state index in [1.165, 1.54) is 4.88 Å². The Morgan fingerprint density at radius 2 is 2.38 bits per heavy atom. The van der Waals surface area contributed by atoms with Crippen LogP contribution < -0.4 is 5.32 Å². The van der Waals surface area contributed by atoms with Crippen molar-refractivity contribution < 1.29 is 4.74 Å². The van der Waals surface area contributed by atoms with Gasteiger partial charge in [0.2, 0.25) is 0 Å². The number of nitrogens with zero attached hydrogens (tertiary/aromatic N) is 3. The first-order valence-corrected chi connectivity index (χ1v) is 8.00. The number of aromatic nitrogens is 2. The van der Waals surface area contributed by atoms with Crippen LogP contribution >= 0.6 is 11.3 Å². The summed E-state index contributed by atoms with van der Waals surface area (Å²) >= 11 is 1.70. The molecule has 1 N–H and O–H groups in total. The molecule has 1 aliphatic heterocycles. The number of aryl methyl sites for hydroxylation is 1. The number of hydrogen-bond donors (Lipinski definition) is 1. The second-order valence-electron chi connectivity index (χ2n) is 5.23. The molecule has 1 saturated heterocycles. The van der Waals surface area contributed by atoms with Gasteiger partial charge in [-0.05, 0) is 19.1 Å². The molecule has 0 amide bonds. The van der Waals surface area contributed by atoms with Crippen LogP contribution in [0.4, 0.5) is 5.69 Å². The van der Waals surface area contributed by atoms with Crippen LogP contribution in [0.25, 0.3) is 0 Å². The summed E-state index contributed by atoms with van der Waals surface area (Å²) in [6.45, 7) is 5.53. The minimum atomic E-state index is 0.0404. The summed E-state index contributed by atoms with van der Waals surface area (Å²) in [6, 6.07) is 4.12. The van der Waals surface area contributed by atoms with Crippen molar-refractivity contribution >= 4 is 17.0 Å². The molecular formula is C15H20N4OS. The average Bonchev–Trinajstić information content (AvgIpc) is 3.00. The molecule has 21 heavy (non-hydrogen) atoms. The van der Waals surface area contributed by atoms with E-state index in [-0.39, 0.29) is 6.10 Å². The third-order valence-electron chi connectivity index (χ3n) is 3.61. The van der Waals surface area contributed by atoms with Gasteiger partial charge in [-0.15, -0.1) is 11.3 Å². The Bertz CT molecular complexity index is 587. The van der Waals surface area contributed by atoms with Crippen LogP contribution in [0.5, 0.6) is 0 Å². The number of hydrogen-bond acceptors (Lipinski definition) is 6. The summed E-state index contributed by atoms with van der Waals surface area (Å²) < 4.78 is 5.92. The van der Waals surface area contributed by atoms with Crippen molar-refractivity contribution in [2.24, 2.45) is 0 Å². The van der Waals surface area contributed by atoms with Crippen molar-refractivity contribution in [1.82, 2.24) is 14.9 Å². The Hall–Kier alpha value is -1.50. The Labute approximate surface area is 129 Å². The molecule has 1 fully saturated rings. The number of anilines is 1. The van der Waals surface area contributed by atoms with Crippen molar-refractivity contribution in [2.45, 2.75) is 19.6 Å². The minimum Gasteiger partial charge on any atom is -0.388 e. The molecule has 2 aromatic heterocycles. The highest BCUT2D eigenvalue weighted by molar-refractivity contribution is 7.09. The van der Waals surface area contributed by atoms with Crippen molar-refractivity contribution in [3.63, 3.8) is 0 Å². The number of thiazole rings is 1. The van der Waals surface area contributed by atoms with Gasteiger partial charge in [-0.3, -0.25) is 14.9 Å². The van der Waals surface area contributed by atoms with Crippen LogP contribution in [-0.4, -0.2) is 41.6 Å². The van der Waals surface area contributed by atoms with E-state index in [0.29, 0.717) is 0 Å². The molecule has 0 aliphatic carbocycles. The Morgan fingerprint density at radius 1 is 1.48 bits per heavy atom. The van der Waals surface area contributed by atoms with Crippen LogP contribution in [0.15, 0.2) is 23.8 Å². The van der Waals surface area contributed by atoms with Crippen LogP contribution in [-0.2, 0) is 11.3 Å². The highest BCUT2D eigenvalue weighted by Crippen LogP contribution is 2.25. The topological polar surface area (TPSA) is 50.3 Å². The third kappa shape index (κ3) is 3.58. The lowest BCUT2D eigenvalue weighted by molar-refractivity contribution is -0.0347. The van der Waals surface area contributed by atoms with Gasteiger partial charge in [0, 0.05) is 49.1 Å². The van der Waals surface area contributed by atoms with Gasteiger partial charge >= 0.3 is 0 Å². The molecule has 6 heteroatoms. The number of morpholine rings is 1. The molecule has 3 rings (SSSR count). The van der Waals surface area contributed by atoms with E-state index in [9.17, 15) is 0 Å². The van der Waals surface area contributed by atoms with Crippen molar-refractivity contribution in [1.29, 1.82) is 0 Å². The van der Waals surface area contributed by atoms with Crippen LogP contribution in [0, 0.1) is 6.92 Å². The van der Waals surface area contributed by atoms with E-state index >= 15 is 0 Å². The van der Waals surface area contributed by atoms with E-state index in [1.54, 1.807) is 11.3 Å². The normalized spacial score (nSPS) is 19.6. The second-order valence-corrected chi connectivity index (χ2v) is 6.21.